The molecule has 5 nitrogen and oxygen atoms in total. The fourth-order valence-corrected chi connectivity index (χ4v) is 1.71. The lowest BCUT2D eigenvalue weighted by atomic mass is 10.5. The first-order valence-corrected chi connectivity index (χ1v) is 4.99. The van der Waals surface area contributed by atoms with Crippen LogP contribution in [0, 0.1) is 6.92 Å². The maximum absolute atomic E-state index is 10.5. The number of hydrogen-bond acceptors (Lipinski definition) is 5. The van der Waals surface area contributed by atoms with Crippen LogP contribution in [0.25, 0.3) is 0 Å². The fourth-order valence-electron chi connectivity index (χ4n) is 1.04. The molecule has 0 radical (unpaired) electrons. The van der Waals surface area contributed by atoms with E-state index < -0.39 is 5.97 Å². The van der Waals surface area contributed by atoms with Crippen LogP contribution < -0.4 is 5.32 Å². The van der Waals surface area contributed by atoms with Gasteiger partial charge in [-0.3, -0.25) is 0 Å². The Morgan fingerprint density at radius 1 is 1.60 bits per heavy atom. The molecule has 15 heavy (non-hydrogen) atoms. The number of rotatable bonds is 3. The van der Waals surface area contributed by atoms with Crippen molar-refractivity contribution >= 4 is 28.3 Å². The molecule has 2 aromatic rings. The Bertz CT molecular complexity index is 489. The SMILES string of the molecule is Cc1cnc(Nc2ccc(C(=O)O)o2)s1. The van der Waals surface area contributed by atoms with Crippen molar-refractivity contribution in [2.45, 2.75) is 6.92 Å². The molecule has 0 amide bonds. The van der Waals surface area contributed by atoms with Crippen molar-refractivity contribution in [2.75, 3.05) is 5.32 Å². The maximum Gasteiger partial charge on any atom is 0.371 e. The van der Waals surface area contributed by atoms with E-state index in [0.717, 1.165) is 4.88 Å². The molecule has 2 aromatic heterocycles. The van der Waals surface area contributed by atoms with E-state index in [0.29, 0.717) is 11.0 Å². The van der Waals surface area contributed by atoms with Gasteiger partial charge < -0.3 is 14.8 Å². The van der Waals surface area contributed by atoms with Crippen molar-refractivity contribution in [1.82, 2.24) is 4.98 Å². The summed E-state index contributed by atoms with van der Waals surface area (Å²) >= 11 is 1.47. The van der Waals surface area contributed by atoms with Crippen LogP contribution in [-0.2, 0) is 0 Å². The van der Waals surface area contributed by atoms with Gasteiger partial charge in [0.05, 0.1) is 0 Å². The Morgan fingerprint density at radius 2 is 2.40 bits per heavy atom. The van der Waals surface area contributed by atoms with Crippen LogP contribution in [0.15, 0.2) is 22.7 Å². The predicted molar refractivity (Wildman–Crippen MR) is 55.8 cm³/mol. The number of anilines is 2. The van der Waals surface area contributed by atoms with E-state index in [1.807, 2.05) is 6.92 Å². The molecular weight excluding hydrogens is 216 g/mol. The number of aryl methyl sites for hydroxylation is 1. The number of nitrogens with one attached hydrogen (secondary N) is 1. The lowest BCUT2D eigenvalue weighted by Crippen LogP contribution is -1.92. The van der Waals surface area contributed by atoms with Gasteiger partial charge in [0.25, 0.3) is 0 Å². The van der Waals surface area contributed by atoms with Crippen molar-refractivity contribution in [2.24, 2.45) is 0 Å². The molecule has 0 aliphatic rings. The fraction of sp³-hybridized carbons (Fsp3) is 0.111. The third kappa shape index (κ3) is 2.16. The lowest BCUT2D eigenvalue weighted by molar-refractivity contribution is 0.0663. The molecule has 0 aromatic carbocycles. The molecule has 0 aliphatic heterocycles. The highest BCUT2D eigenvalue weighted by atomic mass is 32.1. The van der Waals surface area contributed by atoms with Crippen LogP contribution >= 0.6 is 11.3 Å². The zero-order valence-electron chi connectivity index (χ0n) is 7.85. The first kappa shape index (κ1) is 9.72. The molecule has 0 saturated heterocycles. The molecule has 0 aliphatic carbocycles. The van der Waals surface area contributed by atoms with Crippen molar-refractivity contribution < 1.29 is 14.3 Å². The highest BCUT2D eigenvalue weighted by Gasteiger charge is 2.09. The maximum atomic E-state index is 10.5. The third-order valence-electron chi connectivity index (χ3n) is 1.67. The molecule has 78 valence electrons. The minimum atomic E-state index is -1.08. The minimum absolute atomic E-state index is 0.0919. The van der Waals surface area contributed by atoms with Crippen LogP contribution in [0.3, 0.4) is 0 Å². The number of furan rings is 1. The summed E-state index contributed by atoms with van der Waals surface area (Å²) in [5.74, 6) is -0.800. The lowest BCUT2D eigenvalue weighted by Gasteiger charge is -1.95. The second-order valence-electron chi connectivity index (χ2n) is 2.87. The van der Waals surface area contributed by atoms with Gasteiger partial charge in [-0.15, -0.1) is 11.3 Å². The van der Waals surface area contributed by atoms with E-state index in [4.69, 9.17) is 9.52 Å². The Labute approximate surface area is 89.4 Å². The summed E-state index contributed by atoms with van der Waals surface area (Å²) in [6.45, 7) is 1.94. The van der Waals surface area contributed by atoms with Gasteiger partial charge in [-0.1, -0.05) is 0 Å². The summed E-state index contributed by atoms with van der Waals surface area (Å²) in [6, 6.07) is 2.95. The average Bonchev–Trinajstić information content (AvgIpc) is 2.76. The van der Waals surface area contributed by atoms with E-state index in [2.05, 4.69) is 10.3 Å². The number of aromatic carboxylic acids is 1. The van der Waals surface area contributed by atoms with Gasteiger partial charge in [0.1, 0.15) is 0 Å². The Morgan fingerprint density at radius 3 is 2.93 bits per heavy atom. The van der Waals surface area contributed by atoms with Gasteiger partial charge >= 0.3 is 5.97 Å². The van der Waals surface area contributed by atoms with Crippen molar-refractivity contribution in [3.8, 4) is 0 Å². The number of hydrogen-bond donors (Lipinski definition) is 2. The van der Waals surface area contributed by atoms with E-state index in [1.165, 1.54) is 17.4 Å². The van der Waals surface area contributed by atoms with Gasteiger partial charge in [0.2, 0.25) is 5.76 Å². The molecule has 2 rings (SSSR count). The second kappa shape index (κ2) is 3.74. The van der Waals surface area contributed by atoms with E-state index in [-0.39, 0.29) is 5.76 Å². The molecule has 0 unspecified atom stereocenters. The number of aromatic nitrogens is 1. The number of nitrogens with zero attached hydrogens (tertiary/aromatic N) is 1. The van der Waals surface area contributed by atoms with Crippen molar-refractivity contribution in [3.05, 3.63) is 29.0 Å². The van der Waals surface area contributed by atoms with Gasteiger partial charge in [-0.25, -0.2) is 9.78 Å². The van der Waals surface area contributed by atoms with Gasteiger partial charge in [-0.05, 0) is 13.0 Å². The third-order valence-corrected chi connectivity index (χ3v) is 2.50. The van der Waals surface area contributed by atoms with Crippen LogP contribution in [0.1, 0.15) is 15.4 Å². The van der Waals surface area contributed by atoms with Gasteiger partial charge in [0.15, 0.2) is 11.0 Å². The van der Waals surface area contributed by atoms with Gasteiger partial charge in [0, 0.05) is 17.1 Å². The molecular formula is C9H8N2O3S. The molecule has 2 heterocycles. The standard InChI is InChI=1S/C9H8N2O3S/c1-5-4-10-9(15-5)11-7-3-2-6(14-7)8(12)13/h2-4H,1H3,(H,10,11)(H,12,13). The highest BCUT2D eigenvalue weighted by Crippen LogP contribution is 2.23. The number of carbonyl (C=O) groups is 1. The molecule has 0 fully saturated rings. The summed E-state index contributed by atoms with van der Waals surface area (Å²) in [6.07, 6.45) is 1.73. The van der Waals surface area contributed by atoms with Crippen LogP contribution in [0.5, 0.6) is 0 Å². The Balaban J connectivity index is 2.14. The molecule has 0 bridgehead atoms. The van der Waals surface area contributed by atoms with E-state index >= 15 is 0 Å². The summed E-state index contributed by atoms with van der Waals surface area (Å²) in [4.78, 5) is 15.7. The number of thiazole rings is 1. The highest BCUT2D eigenvalue weighted by molar-refractivity contribution is 7.15. The Kier molecular flexibility index (Phi) is 2.42. The van der Waals surface area contributed by atoms with Crippen molar-refractivity contribution in [3.63, 3.8) is 0 Å². The predicted octanol–water partition coefficient (Wildman–Crippen LogP) is 2.49. The topological polar surface area (TPSA) is 75.4 Å². The summed E-state index contributed by atoms with van der Waals surface area (Å²) in [7, 11) is 0. The summed E-state index contributed by atoms with van der Waals surface area (Å²) in [5.41, 5.74) is 0. The molecule has 2 N–H and O–H groups in total. The van der Waals surface area contributed by atoms with Gasteiger partial charge in [-0.2, -0.15) is 0 Å². The first-order valence-electron chi connectivity index (χ1n) is 4.18. The van der Waals surface area contributed by atoms with Crippen LogP contribution in [0.4, 0.5) is 11.0 Å². The summed E-state index contributed by atoms with van der Waals surface area (Å²) < 4.78 is 5.01. The summed E-state index contributed by atoms with van der Waals surface area (Å²) in [5, 5.41) is 12.2. The molecule has 0 spiro atoms. The smallest absolute Gasteiger partial charge is 0.371 e. The normalized spacial score (nSPS) is 10.2. The van der Waals surface area contributed by atoms with Crippen molar-refractivity contribution in [1.29, 1.82) is 0 Å². The monoisotopic (exact) mass is 224 g/mol. The molecule has 0 saturated carbocycles. The van der Waals surface area contributed by atoms with Crippen LogP contribution in [0.2, 0.25) is 0 Å². The number of carboxylic acid groups (broad SMARTS) is 1. The van der Waals surface area contributed by atoms with E-state index in [9.17, 15) is 4.79 Å². The molecule has 6 heteroatoms. The van der Waals surface area contributed by atoms with Crippen LogP contribution in [-0.4, -0.2) is 16.1 Å². The largest absolute Gasteiger partial charge is 0.475 e. The second-order valence-corrected chi connectivity index (χ2v) is 4.10. The zero-order valence-corrected chi connectivity index (χ0v) is 8.67. The minimum Gasteiger partial charge on any atom is -0.475 e. The zero-order chi connectivity index (χ0) is 10.8. The first-order chi connectivity index (χ1) is 7.15. The van der Waals surface area contributed by atoms with E-state index in [1.54, 1.807) is 12.3 Å². The quantitative estimate of drug-likeness (QED) is 0.837. The average molecular weight is 224 g/mol. The number of carboxylic acids is 1. The Hall–Kier alpha value is -1.82. The molecule has 0 atom stereocenters.